The Morgan fingerprint density at radius 3 is 2.65 bits per heavy atom. The lowest BCUT2D eigenvalue weighted by atomic mass is 9.90. The molecule has 1 unspecified atom stereocenters. The number of nitrogens with zero attached hydrogens (tertiary/aromatic N) is 1. The molecular formula is C12H19NO4. The fraction of sp³-hybridized carbons (Fsp3) is 0.833. The Morgan fingerprint density at radius 2 is 2.06 bits per heavy atom. The van der Waals surface area contributed by atoms with Gasteiger partial charge in [-0.2, -0.15) is 0 Å². The molecule has 0 spiro atoms. The minimum atomic E-state index is -0.803. The summed E-state index contributed by atoms with van der Waals surface area (Å²) in [6.07, 6.45) is 2.76. The zero-order valence-electron chi connectivity index (χ0n) is 10.1. The topological polar surface area (TPSA) is 66.8 Å². The van der Waals surface area contributed by atoms with Gasteiger partial charge >= 0.3 is 5.97 Å². The summed E-state index contributed by atoms with van der Waals surface area (Å²) in [6.45, 7) is 3.12. The first kappa shape index (κ1) is 12.4. The molecule has 2 aliphatic heterocycles. The van der Waals surface area contributed by atoms with E-state index in [1.165, 1.54) is 0 Å². The van der Waals surface area contributed by atoms with Crippen molar-refractivity contribution in [2.45, 2.75) is 44.8 Å². The molecule has 0 aliphatic carbocycles. The van der Waals surface area contributed by atoms with E-state index in [4.69, 9.17) is 9.84 Å². The van der Waals surface area contributed by atoms with E-state index in [1.807, 2.05) is 6.92 Å². The number of likely N-dealkylation sites (tertiary alicyclic amines) is 1. The molecule has 2 fully saturated rings. The summed E-state index contributed by atoms with van der Waals surface area (Å²) in [5.74, 6) is -1.27. The van der Waals surface area contributed by atoms with Crippen LogP contribution >= 0.6 is 0 Å². The van der Waals surface area contributed by atoms with E-state index in [9.17, 15) is 9.59 Å². The predicted molar refractivity (Wildman–Crippen MR) is 60.5 cm³/mol. The van der Waals surface area contributed by atoms with Gasteiger partial charge in [0.05, 0.1) is 5.92 Å². The summed E-state index contributed by atoms with van der Waals surface area (Å²) in [7, 11) is 0. The number of piperidine rings is 1. The first-order valence-corrected chi connectivity index (χ1v) is 6.26. The Bertz CT molecular complexity index is 312. The number of aliphatic carboxylic acids is 1. The first-order chi connectivity index (χ1) is 8.11. The molecule has 3 atom stereocenters. The average Bonchev–Trinajstić information content (AvgIpc) is 2.81. The monoisotopic (exact) mass is 241 g/mol. The smallest absolute Gasteiger partial charge is 0.308 e. The number of hydrogen-bond acceptors (Lipinski definition) is 3. The van der Waals surface area contributed by atoms with Gasteiger partial charge < -0.3 is 14.7 Å². The molecule has 2 heterocycles. The van der Waals surface area contributed by atoms with Gasteiger partial charge in [0.1, 0.15) is 6.10 Å². The van der Waals surface area contributed by atoms with Crippen molar-refractivity contribution in [2.24, 2.45) is 5.92 Å². The third-order valence-corrected chi connectivity index (χ3v) is 3.79. The van der Waals surface area contributed by atoms with Gasteiger partial charge in [0, 0.05) is 19.2 Å². The second kappa shape index (κ2) is 5.04. The lowest BCUT2D eigenvalue weighted by Gasteiger charge is -2.38. The van der Waals surface area contributed by atoms with Crippen LogP contribution in [0.4, 0.5) is 0 Å². The van der Waals surface area contributed by atoms with Crippen LogP contribution in [0.5, 0.6) is 0 Å². The normalized spacial score (nSPS) is 33.7. The average molecular weight is 241 g/mol. The van der Waals surface area contributed by atoms with E-state index < -0.39 is 11.9 Å². The fourth-order valence-electron chi connectivity index (χ4n) is 2.74. The van der Waals surface area contributed by atoms with Gasteiger partial charge in [-0.15, -0.1) is 0 Å². The molecular weight excluding hydrogens is 222 g/mol. The molecule has 0 bridgehead atoms. The summed E-state index contributed by atoms with van der Waals surface area (Å²) >= 11 is 0. The van der Waals surface area contributed by atoms with Crippen molar-refractivity contribution in [3.8, 4) is 0 Å². The van der Waals surface area contributed by atoms with Crippen LogP contribution in [0.15, 0.2) is 0 Å². The van der Waals surface area contributed by atoms with E-state index in [2.05, 4.69) is 0 Å². The summed E-state index contributed by atoms with van der Waals surface area (Å²) < 4.78 is 5.37. The van der Waals surface area contributed by atoms with Gasteiger partial charge in [0.15, 0.2) is 0 Å². The quantitative estimate of drug-likeness (QED) is 0.779. The summed E-state index contributed by atoms with van der Waals surface area (Å²) in [5.41, 5.74) is 0. The van der Waals surface area contributed by atoms with Crippen LogP contribution in [0.1, 0.15) is 32.6 Å². The predicted octanol–water partition coefficient (Wildman–Crippen LogP) is 0.877. The van der Waals surface area contributed by atoms with Gasteiger partial charge in [-0.05, 0) is 32.6 Å². The maximum Gasteiger partial charge on any atom is 0.308 e. The number of hydrogen-bond donors (Lipinski definition) is 1. The van der Waals surface area contributed by atoms with Crippen LogP contribution in [0.3, 0.4) is 0 Å². The molecule has 0 saturated carbocycles. The van der Waals surface area contributed by atoms with Gasteiger partial charge in [-0.3, -0.25) is 9.59 Å². The van der Waals surface area contributed by atoms with Crippen LogP contribution in [-0.4, -0.2) is 47.2 Å². The van der Waals surface area contributed by atoms with E-state index in [1.54, 1.807) is 4.90 Å². The second-order valence-corrected chi connectivity index (χ2v) is 4.86. The third-order valence-electron chi connectivity index (χ3n) is 3.79. The molecule has 17 heavy (non-hydrogen) atoms. The molecule has 5 heteroatoms. The van der Waals surface area contributed by atoms with E-state index in [0.717, 1.165) is 19.3 Å². The zero-order chi connectivity index (χ0) is 12.4. The van der Waals surface area contributed by atoms with Crippen molar-refractivity contribution in [1.29, 1.82) is 0 Å². The maximum atomic E-state index is 12.2. The number of carboxylic acids is 1. The Kier molecular flexibility index (Phi) is 3.66. The minimum absolute atomic E-state index is 0.0269. The second-order valence-electron chi connectivity index (χ2n) is 4.86. The number of rotatable bonds is 2. The van der Waals surface area contributed by atoms with E-state index in [0.29, 0.717) is 19.6 Å². The SMILES string of the molecule is C[C@@H]1[C@H](C(=O)O)CCCN1C(=O)C1CCCO1. The Hall–Kier alpha value is -1.10. The molecule has 0 aromatic carbocycles. The molecule has 2 aliphatic rings. The van der Waals surface area contributed by atoms with Gasteiger partial charge in [-0.1, -0.05) is 0 Å². The van der Waals surface area contributed by atoms with Crippen LogP contribution in [0, 0.1) is 5.92 Å². The highest BCUT2D eigenvalue weighted by atomic mass is 16.5. The molecule has 2 saturated heterocycles. The van der Waals surface area contributed by atoms with Crippen LogP contribution in [0.25, 0.3) is 0 Å². The Balaban J connectivity index is 2.04. The van der Waals surface area contributed by atoms with Crippen LogP contribution in [-0.2, 0) is 14.3 Å². The molecule has 5 nitrogen and oxygen atoms in total. The largest absolute Gasteiger partial charge is 0.481 e. The van der Waals surface area contributed by atoms with Crippen LogP contribution in [0.2, 0.25) is 0 Å². The zero-order valence-corrected chi connectivity index (χ0v) is 10.1. The standard InChI is InChI=1S/C12H19NO4/c1-8-9(12(15)16)4-2-6-13(8)11(14)10-5-3-7-17-10/h8-10H,2-7H2,1H3,(H,15,16)/t8-,9-,10?/m1/s1. The molecule has 0 aromatic heterocycles. The van der Waals surface area contributed by atoms with Crippen molar-refractivity contribution in [3.63, 3.8) is 0 Å². The van der Waals surface area contributed by atoms with Gasteiger partial charge in [0.2, 0.25) is 0 Å². The summed E-state index contributed by atoms with van der Waals surface area (Å²) in [5, 5.41) is 9.10. The first-order valence-electron chi connectivity index (χ1n) is 6.26. The van der Waals surface area contributed by atoms with Crippen molar-refractivity contribution in [3.05, 3.63) is 0 Å². The third kappa shape index (κ3) is 2.44. The van der Waals surface area contributed by atoms with E-state index in [-0.39, 0.29) is 18.1 Å². The highest BCUT2D eigenvalue weighted by Gasteiger charge is 2.38. The molecule has 96 valence electrons. The van der Waals surface area contributed by atoms with Gasteiger partial charge in [0.25, 0.3) is 5.91 Å². The minimum Gasteiger partial charge on any atom is -0.481 e. The summed E-state index contributed by atoms with van der Waals surface area (Å²) in [6, 6.07) is -0.224. The number of carbonyl (C=O) groups excluding carboxylic acids is 1. The van der Waals surface area contributed by atoms with Crippen molar-refractivity contribution in [2.75, 3.05) is 13.2 Å². The molecule has 0 radical (unpaired) electrons. The molecule has 0 aromatic rings. The Labute approximate surface area is 101 Å². The van der Waals surface area contributed by atoms with Crippen molar-refractivity contribution >= 4 is 11.9 Å². The molecule has 1 N–H and O–H groups in total. The molecule has 2 rings (SSSR count). The Morgan fingerprint density at radius 1 is 1.29 bits per heavy atom. The van der Waals surface area contributed by atoms with Gasteiger partial charge in [-0.25, -0.2) is 0 Å². The molecule has 1 amide bonds. The number of carbonyl (C=O) groups is 2. The summed E-state index contributed by atoms with van der Waals surface area (Å²) in [4.78, 5) is 25.0. The maximum absolute atomic E-state index is 12.2. The van der Waals surface area contributed by atoms with E-state index >= 15 is 0 Å². The number of ether oxygens (including phenoxy) is 1. The van der Waals surface area contributed by atoms with Crippen LogP contribution < -0.4 is 0 Å². The number of amides is 1. The lowest BCUT2D eigenvalue weighted by molar-refractivity contribution is -0.153. The van der Waals surface area contributed by atoms with Crippen molar-refractivity contribution < 1.29 is 19.4 Å². The lowest BCUT2D eigenvalue weighted by Crippen LogP contribution is -2.52. The highest BCUT2D eigenvalue weighted by molar-refractivity contribution is 5.82. The van der Waals surface area contributed by atoms with Crippen molar-refractivity contribution in [1.82, 2.24) is 4.90 Å². The number of carboxylic acid groups (broad SMARTS) is 1. The highest BCUT2D eigenvalue weighted by Crippen LogP contribution is 2.26. The fourth-order valence-corrected chi connectivity index (χ4v) is 2.74.